The van der Waals surface area contributed by atoms with Gasteiger partial charge in [0.15, 0.2) is 12.0 Å². The lowest BCUT2D eigenvalue weighted by Gasteiger charge is -2.16. The number of aromatic nitrogens is 4. The molecule has 0 aliphatic carbocycles. The Hall–Kier alpha value is -3.22. The van der Waals surface area contributed by atoms with E-state index in [0.717, 1.165) is 5.56 Å². The van der Waals surface area contributed by atoms with Crippen LogP contribution in [-0.4, -0.2) is 27.7 Å². The Morgan fingerprint density at radius 1 is 1.29 bits per heavy atom. The molecule has 3 rings (SSSR count). The predicted octanol–water partition coefficient (Wildman–Crippen LogP) is 1.79. The van der Waals surface area contributed by atoms with Crippen LogP contribution in [0.2, 0.25) is 0 Å². The summed E-state index contributed by atoms with van der Waals surface area (Å²) >= 11 is 0. The summed E-state index contributed by atoms with van der Waals surface area (Å²) in [5, 5.41) is 15.7. The molecule has 1 amide bonds. The molecule has 7 nitrogen and oxygen atoms in total. The van der Waals surface area contributed by atoms with Gasteiger partial charge in [0.2, 0.25) is 6.20 Å². The van der Waals surface area contributed by atoms with Crippen molar-refractivity contribution in [2.45, 2.75) is 13.8 Å². The normalized spacial score (nSPS) is 10.6. The molecule has 0 atom stereocenters. The van der Waals surface area contributed by atoms with Crippen molar-refractivity contribution in [2.75, 3.05) is 11.9 Å². The number of carbonyl (C=O) groups is 1. The summed E-state index contributed by atoms with van der Waals surface area (Å²) in [6, 6.07) is 7.09. The molecule has 24 heavy (non-hydrogen) atoms. The van der Waals surface area contributed by atoms with Crippen molar-refractivity contribution in [1.82, 2.24) is 14.8 Å². The van der Waals surface area contributed by atoms with Crippen molar-refractivity contribution in [3.05, 3.63) is 71.1 Å². The highest BCUT2D eigenvalue weighted by Gasteiger charge is 2.21. The molecule has 0 N–H and O–H groups in total. The van der Waals surface area contributed by atoms with Crippen molar-refractivity contribution >= 4 is 11.6 Å². The van der Waals surface area contributed by atoms with Crippen molar-refractivity contribution in [3.63, 3.8) is 0 Å². The highest BCUT2D eigenvalue weighted by molar-refractivity contribution is 6.06. The minimum atomic E-state index is -0.237. The van der Waals surface area contributed by atoms with E-state index < -0.39 is 0 Å². The van der Waals surface area contributed by atoms with E-state index in [9.17, 15) is 10.0 Å². The van der Waals surface area contributed by atoms with Crippen LogP contribution in [0.3, 0.4) is 0 Å². The third kappa shape index (κ3) is 2.71. The lowest BCUT2D eigenvalue weighted by Crippen LogP contribution is -2.31. The third-order valence-corrected chi connectivity index (χ3v) is 3.87. The van der Waals surface area contributed by atoms with Crippen LogP contribution in [0.4, 0.5) is 5.69 Å². The van der Waals surface area contributed by atoms with Gasteiger partial charge in [-0.15, -0.1) is 0 Å². The Morgan fingerprint density at radius 2 is 2.08 bits per heavy atom. The first-order valence-electron chi connectivity index (χ1n) is 7.42. The molecule has 0 spiro atoms. The zero-order valence-corrected chi connectivity index (χ0v) is 13.7. The van der Waals surface area contributed by atoms with E-state index in [-0.39, 0.29) is 5.91 Å². The molecule has 3 aromatic heterocycles. The minimum absolute atomic E-state index is 0.237. The maximum atomic E-state index is 12.7. The van der Waals surface area contributed by atoms with Gasteiger partial charge >= 0.3 is 0 Å². The van der Waals surface area contributed by atoms with Gasteiger partial charge in [-0.25, -0.2) is 9.67 Å². The van der Waals surface area contributed by atoms with Crippen molar-refractivity contribution in [2.24, 2.45) is 0 Å². The second-order valence-electron chi connectivity index (χ2n) is 5.49. The minimum Gasteiger partial charge on any atom is -0.619 e. The molecule has 0 fully saturated rings. The molecule has 0 aromatic carbocycles. The Balaban J connectivity index is 1.96. The summed E-state index contributed by atoms with van der Waals surface area (Å²) in [7, 11) is 1.63. The third-order valence-electron chi connectivity index (χ3n) is 3.87. The topological polar surface area (TPSA) is 78.0 Å². The van der Waals surface area contributed by atoms with Crippen LogP contribution in [0.5, 0.6) is 0 Å². The van der Waals surface area contributed by atoms with Crippen LogP contribution in [0.15, 0.2) is 49.1 Å². The van der Waals surface area contributed by atoms with Gasteiger partial charge < -0.3 is 10.1 Å². The first-order valence-corrected chi connectivity index (χ1v) is 7.42. The SMILES string of the molecule is Cc1cccnc1-n1ncc(C(=O)N(C)c2ccc[n+]([O-])c2)c1C. The van der Waals surface area contributed by atoms with Gasteiger partial charge in [-0.1, -0.05) is 6.07 Å². The first kappa shape index (κ1) is 15.7. The summed E-state index contributed by atoms with van der Waals surface area (Å²) in [5.74, 6) is 0.451. The number of carbonyl (C=O) groups excluding carboxylic acids is 1. The van der Waals surface area contributed by atoms with Gasteiger partial charge in [-0.05, 0) is 31.5 Å². The molecule has 0 saturated carbocycles. The number of hydrogen-bond donors (Lipinski definition) is 0. The van der Waals surface area contributed by atoms with Crippen LogP contribution in [0, 0.1) is 19.1 Å². The quantitative estimate of drug-likeness (QED) is 0.544. The number of rotatable bonds is 3. The first-order chi connectivity index (χ1) is 11.5. The zero-order chi connectivity index (χ0) is 17.3. The van der Waals surface area contributed by atoms with E-state index >= 15 is 0 Å². The maximum Gasteiger partial charge on any atom is 0.261 e. The van der Waals surface area contributed by atoms with Crippen LogP contribution < -0.4 is 9.63 Å². The van der Waals surface area contributed by atoms with Crippen molar-refractivity contribution in [1.29, 1.82) is 0 Å². The highest BCUT2D eigenvalue weighted by atomic mass is 16.5. The number of nitrogens with zero attached hydrogens (tertiary/aromatic N) is 5. The van der Waals surface area contributed by atoms with Gasteiger partial charge in [0.05, 0.1) is 17.5 Å². The highest BCUT2D eigenvalue weighted by Crippen LogP contribution is 2.19. The largest absolute Gasteiger partial charge is 0.619 e. The molecular formula is C17H17N5O2. The molecule has 3 aromatic rings. The summed E-state index contributed by atoms with van der Waals surface area (Å²) in [4.78, 5) is 18.5. The monoisotopic (exact) mass is 323 g/mol. The zero-order valence-electron chi connectivity index (χ0n) is 13.7. The van der Waals surface area contributed by atoms with Gasteiger partial charge in [0.25, 0.3) is 5.91 Å². The molecule has 0 unspecified atom stereocenters. The van der Waals surface area contributed by atoms with E-state index in [1.807, 2.05) is 26.0 Å². The Labute approximate surface area is 139 Å². The molecule has 0 bridgehead atoms. The average molecular weight is 323 g/mol. The summed E-state index contributed by atoms with van der Waals surface area (Å²) in [5.41, 5.74) is 2.63. The molecule has 0 radical (unpaired) electrons. The van der Waals surface area contributed by atoms with Gasteiger partial charge in [-0.2, -0.15) is 9.83 Å². The Kier molecular flexibility index (Phi) is 3.99. The van der Waals surface area contributed by atoms with Gasteiger partial charge in [0, 0.05) is 19.3 Å². The summed E-state index contributed by atoms with van der Waals surface area (Å²) < 4.78 is 2.31. The Bertz CT molecular complexity index is 904. The van der Waals surface area contributed by atoms with E-state index in [1.165, 1.54) is 23.5 Å². The summed E-state index contributed by atoms with van der Waals surface area (Å²) in [6.45, 7) is 3.76. The second kappa shape index (κ2) is 6.11. The average Bonchev–Trinajstić information content (AvgIpc) is 2.95. The van der Waals surface area contributed by atoms with E-state index in [2.05, 4.69) is 10.1 Å². The van der Waals surface area contributed by atoms with Gasteiger partial charge in [-0.3, -0.25) is 4.79 Å². The number of amides is 1. The van der Waals surface area contributed by atoms with E-state index in [1.54, 1.807) is 30.1 Å². The standard InChI is InChI=1S/C17H17N5O2/c1-12-6-4-8-18-16(12)22-13(2)15(10-19-22)17(23)20(3)14-7-5-9-21(24)11-14/h4-11H,1-3H3. The smallest absolute Gasteiger partial charge is 0.261 e. The molecule has 3 heterocycles. The van der Waals surface area contributed by atoms with Crippen LogP contribution >= 0.6 is 0 Å². The summed E-state index contributed by atoms with van der Waals surface area (Å²) in [6.07, 6.45) is 5.93. The van der Waals surface area contributed by atoms with Crippen molar-refractivity contribution in [3.8, 4) is 5.82 Å². The molecule has 0 saturated heterocycles. The lowest BCUT2D eigenvalue weighted by atomic mass is 10.2. The fourth-order valence-electron chi connectivity index (χ4n) is 2.47. The van der Waals surface area contributed by atoms with Crippen molar-refractivity contribution < 1.29 is 9.52 Å². The molecule has 0 aliphatic rings. The molecular weight excluding hydrogens is 306 g/mol. The number of anilines is 1. The van der Waals surface area contributed by atoms with E-state index in [0.29, 0.717) is 27.5 Å². The number of pyridine rings is 2. The van der Waals surface area contributed by atoms with Crippen LogP contribution in [-0.2, 0) is 0 Å². The lowest BCUT2D eigenvalue weighted by molar-refractivity contribution is -0.604. The molecule has 7 heteroatoms. The maximum absolute atomic E-state index is 12.7. The molecule has 122 valence electrons. The predicted molar refractivity (Wildman–Crippen MR) is 89.0 cm³/mol. The Morgan fingerprint density at radius 3 is 2.79 bits per heavy atom. The second-order valence-corrected chi connectivity index (χ2v) is 5.49. The van der Waals surface area contributed by atoms with Crippen LogP contribution in [0.1, 0.15) is 21.6 Å². The van der Waals surface area contributed by atoms with Gasteiger partial charge in [0.1, 0.15) is 5.69 Å². The van der Waals surface area contributed by atoms with Crippen LogP contribution in [0.25, 0.3) is 5.82 Å². The van der Waals surface area contributed by atoms with E-state index in [4.69, 9.17) is 0 Å². The number of hydrogen-bond acceptors (Lipinski definition) is 4. The fourth-order valence-corrected chi connectivity index (χ4v) is 2.47. The fraction of sp³-hybridized carbons (Fsp3) is 0.176. The molecule has 0 aliphatic heterocycles. The number of aryl methyl sites for hydroxylation is 1.